The lowest BCUT2D eigenvalue weighted by molar-refractivity contribution is 0.452. The maximum atomic E-state index is 5.99. The Kier molecular flexibility index (Phi) is 4.77. The molecule has 2 rings (SSSR count). The summed E-state index contributed by atoms with van der Waals surface area (Å²) in [6, 6.07) is 11.3. The molecule has 1 unspecified atom stereocenters. The average Bonchev–Trinajstić information content (AvgIpc) is 2.41. The van der Waals surface area contributed by atoms with Gasteiger partial charge in [0.1, 0.15) is 5.75 Å². The lowest BCUT2D eigenvalue weighted by Gasteiger charge is -2.13. The highest BCUT2D eigenvalue weighted by Crippen LogP contribution is 2.25. The van der Waals surface area contributed by atoms with E-state index in [1.807, 2.05) is 24.3 Å². The van der Waals surface area contributed by atoms with Crippen LogP contribution in [0.4, 0.5) is 0 Å². The van der Waals surface area contributed by atoms with E-state index in [4.69, 9.17) is 22.1 Å². The van der Waals surface area contributed by atoms with Crippen LogP contribution in [0.15, 0.2) is 42.6 Å². The van der Waals surface area contributed by atoms with Gasteiger partial charge in [-0.05, 0) is 37.1 Å². The van der Waals surface area contributed by atoms with Gasteiger partial charge in [0, 0.05) is 22.8 Å². The first kappa shape index (κ1) is 13.8. The third-order valence-electron chi connectivity index (χ3n) is 2.87. The molecule has 0 aliphatic heterocycles. The summed E-state index contributed by atoms with van der Waals surface area (Å²) in [7, 11) is 0. The van der Waals surface area contributed by atoms with Crippen molar-refractivity contribution in [2.24, 2.45) is 5.73 Å². The second-order valence-corrected chi connectivity index (χ2v) is 4.84. The maximum Gasteiger partial charge on any atom is 0.222 e. The molecule has 2 aromatic rings. The molecule has 4 heteroatoms. The minimum Gasteiger partial charge on any atom is -0.439 e. The summed E-state index contributed by atoms with van der Waals surface area (Å²) >= 11 is 5.94. The van der Waals surface area contributed by atoms with Crippen LogP contribution in [0.25, 0.3) is 0 Å². The van der Waals surface area contributed by atoms with Crippen LogP contribution in [-0.4, -0.2) is 11.0 Å². The molecule has 0 saturated carbocycles. The summed E-state index contributed by atoms with van der Waals surface area (Å²) in [4.78, 5) is 4.27. The summed E-state index contributed by atoms with van der Waals surface area (Å²) in [6.07, 6.45) is 3.38. The van der Waals surface area contributed by atoms with Gasteiger partial charge in [0.15, 0.2) is 0 Å². The van der Waals surface area contributed by atoms with Crippen molar-refractivity contribution in [3.05, 3.63) is 53.2 Å². The van der Waals surface area contributed by atoms with Gasteiger partial charge in [0.25, 0.3) is 0 Å². The molecule has 0 aliphatic rings. The van der Waals surface area contributed by atoms with E-state index in [9.17, 15) is 0 Å². The van der Waals surface area contributed by atoms with Gasteiger partial charge in [-0.1, -0.05) is 30.7 Å². The number of ether oxygens (including phenoxy) is 1. The van der Waals surface area contributed by atoms with Crippen LogP contribution in [-0.2, 0) is 6.42 Å². The first-order valence-corrected chi connectivity index (χ1v) is 6.69. The highest BCUT2D eigenvalue weighted by molar-refractivity contribution is 6.30. The Bertz CT molecular complexity index is 545. The molecule has 1 atom stereocenters. The van der Waals surface area contributed by atoms with Crippen molar-refractivity contribution in [2.45, 2.75) is 25.8 Å². The largest absolute Gasteiger partial charge is 0.439 e. The molecule has 2 N–H and O–H groups in total. The van der Waals surface area contributed by atoms with Crippen molar-refractivity contribution < 1.29 is 4.74 Å². The fraction of sp³-hybridized carbons (Fsp3) is 0.267. The maximum absolute atomic E-state index is 5.99. The van der Waals surface area contributed by atoms with Crippen molar-refractivity contribution in [2.75, 3.05) is 0 Å². The molecular weight excluding hydrogens is 260 g/mol. The normalized spacial score (nSPS) is 12.2. The Balaban J connectivity index is 2.20. The number of benzene rings is 1. The van der Waals surface area contributed by atoms with Crippen molar-refractivity contribution in [1.82, 2.24) is 4.98 Å². The molecule has 0 bridgehead atoms. The van der Waals surface area contributed by atoms with E-state index in [0.717, 1.165) is 18.4 Å². The topological polar surface area (TPSA) is 48.1 Å². The predicted molar refractivity (Wildman–Crippen MR) is 77.7 cm³/mol. The molecule has 0 amide bonds. The first-order valence-electron chi connectivity index (χ1n) is 6.32. The van der Waals surface area contributed by atoms with Gasteiger partial charge in [-0.2, -0.15) is 0 Å². The minimum absolute atomic E-state index is 0.117. The van der Waals surface area contributed by atoms with Gasteiger partial charge in [-0.3, -0.25) is 0 Å². The summed E-state index contributed by atoms with van der Waals surface area (Å²) in [5.74, 6) is 1.27. The minimum atomic E-state index is 0.117. The van der Waals surface area contributed by atoms with Crippen molar-refractivity contribution in [3.8, 4) is 11.6 Å². The van der Waals surface area contributed by atoms with Gasteiger partial charge in [0.05, 0.1) is 0 Å². The van der Waals surface area contributed by atoms with Crippen molar-refractivity contribution >= 4 is 11.6 Å². The summed E-state index contributed by atoms with van der Waals surface area (Å²) in [5.41, 5.74) is 7.00. The Morgan fingerprint density at radius 2 is 2.16 bits per heavy atom. The zero-order chi connectivity index (χ0) is 13.7. The molecule has 0 spiro atoms. The zero-order valence-corrected chi connectivity index (χ0v) is 11.6. The molecule has 3 nitrogen and oxygen atoms in total. The molecule has 0 aliphatic carbocycles. The van der Waals surface area contributed by atoms with E-state index in [1.54, 1.807) is 18.3 Å². The van der Waals surface area contributed by atoms with Gasteiger partial charge >= 0.3 is 0 Å². The Morgan fingerprint density at radius 3 is 2.89 bits per heavy atom. The molecule has 100 valence electrons. The molecule has 0 saturated heterocycles. The SMILES string of the molecule is CCC(N)Cc1cccnc1Oc1cccc(Cl)c1. The van der Waals surface area contributed by atoms with E-state index in [-0.39, 0.29) is 6.04 Å². The Hall–Kier alpha value is -1.58. The molecule has 1 aromatic carbocycles. The second kappa shape index (κ2) is 6.55. The summed E-state index contributed by atoms with van der Waals surface area (Å²) in [6.45, 7) is 2.07. The lowest BCUT2D eigenvalue weighted by Crippen LogP contribution is -2.21. The standard InChI is InChI=1S/C15H17ClN2O/c1-2-13(17)9-11-5-4-8-18-15(11)19-14-7-3-6-12(16)10-14/h3-8,10,13H,2,9,17H2,1H3. The number of nitrogens with zero attached hydrogens (tertiary/aromatic N) is 1. The second-order valence-electron chi connectivity index (χ2n) is 4.40. The number of aromatic nitrogens is 1. The zero-order valence-electron chi connectivity index (χ0n) is 10.8. The van der Waals surface area contributed by atoms with E-state index in [2.05, 4.69) is 11.9 Å². The molecule has 0 radical (unpaired) electrons. The van der Waals surface area contributed by atoms with Gasteiger partial charge in [-0.25, -0.2) is 4.98 Å². The van der Waals surface area contributed by atoms with Crippen molar-refractivity contribution in [1.29, 1.82) is 0 Å². The number of nitrogens with two attached hydrogens (primary N) is 1. The van der Waals surface area contributed by atoms with E-state index in [0.29, 0.717) is 16.7 Å². The highest BCUT2D eigenvalue weighted by Gasteiger charge is 2.09. The van der Waals surface area contributed by atoms with Gasteiger partial charge < -0.3 is 10.5 Å². The van der Waals surface area contributed by atoms with Crippen LogP contribution in [0.1, 0.15) is 18.9 Å². The average molecular weight is 277 g/mol. The van der Waals surface area contributed by atoms with Crippen LogP contribution in [0.5, 0.6) is 11.6 Å². The van der Waals surface area contributed by atoms with Gasteiger partial charge in [-0.15, -0.1) is 0 Å². The number of hydrogen-bond donors (Lipinski definition) is 1. The molecule has 0 fully saturated rings. The quantitative estimate of drug-likeness (QED) is 0.903. The third kappa shape index (κ3) is 3.94. The summed E-state index contributed by atoms with van der Waals surface area (Å²) in [5, 5.41) is 0.639. The number of halogens is 1. The lowest BCUT2D eigenvalue weighted by atomic mass is 10.1. The predicted octanol–water partition coefficient (Wildman–Crippen LogP) is 3.81. The summed E-state index contributed by atoms with van der Waals surface area (Å²) < 4.78 is 5.78. The van der Waals surface area contributed by atoms with Crippen LogP contribution in [0, 0.1) is 0 Å². The number of rotatable bonds is 5. The third-order valence-corrected chi connectivity index (χ3v) is 3.10. The van der Waals surface area contributed by atoms with E-state index >= 15 is 0 Å². The van der Waals surface area contributed by atoms with E-state index < -0.39 is 0 Å². The number of pyridine rings is 1. The molecule has 19 heavy (non-hydrogen) atoms. The first-order chi connectivity index (χ1) is 9.19. The monoisotopic (exact) mass is 276 g/mol. The molecular formula is C15H17ClN2O. The fourth-order valence-corrected chi connectivity index (χ4v) is 1.92. The van der Waals surface area contributed by atoms with E-state index in [1.165, 1.54) is 0 Å². The smallest absolute Gasteiger partial charge is 0.222 e. The van der Waals surface area contributed by atoms with Crippen LogP contribution in [0.2, 0.25) is 5.02 Å². The highest BCUT2D eigenvalue weighted by atomic mass is 35.5. The van der Waals surface area contributed by atoms with Crippen LogP contribution in [0.3, 0.4) is 0 Å². The Labute approximate surface area is 118 Å². The van der Waals surface area contributed by atoms with Crippen LogP contribution < -0.4 is 10.5 Å². The number of hydrogen-bond acceptors (Lipinski definition) is 3. The van der Waals surface area contributed by atoms with Crippen LogP contribution >= 0.6 is 11.6 Å². The molecule has 1 heterocycles. The molecule has 1 aromatic heterocycles. The van der Waals surface area contributed by atoms with Crippen molar-refractivity contribution in [3.63, 3.8) is 0 Å². The Morgan fingerprint density at radius 1 is 1.32 bits per heavy atom. The fourth-order valence-electron chi connectivity index (χ4n) is 1.74. The van der Waals surface area contributed by atoms with Gasteiger partial charge in [0.2, 0.25) is 5.88 Å².